The Bertz CT molecular complexity index is 658. The fourth-order valence-electron chi connectivity index (χ4n) is 2.04. The summed E-state index contributed by atoms with van der Waals surface area (Å²) < 4.78 is 43.5. The Hall–Kier alpha value is -2.30. The molecule has 0 saturated heterocycles. The predicted octanol–water partition coefficient (Wildman–Crippen LogP) is 4.58. The number of alkyl halides is 3. The second kappa shape index (κ2) is 5.60. The van der Waals surface area contributed by atoms with Crippen LogP contribution in [-0.4, -0.2) is 12.9 Å². The molecule has 0 heterocycles. The molecule has 0 unspecified atom stereocenters. The Labute approximate surface area is 120 Å². The molecule has 0 aromatic heterocycles. The maximum absolute atomic E-state index is 12.8. The average molecular weight is 294 g/mol. The van der Waals surface area contributed by atoms with E-state index in [9.17, 15) is 18.0 Å². The van der Waals surface area contributed by atoms with Gasteiger partial charge in [0.2, 0.25) is 0 Å². The van der Waals surface area contributed by atoms with Crippen molar-refractivity contribution in [3.63, 3.8) is 0 Å². The zero-order valence-corrected chi connectivity index (χ0v) is 11.5. The van der Waals surface area contributed by atoms with Gasteiger partial charge < -0.3 is 4.74 Å². The number of ketones is 1. The van der Waals surface area contributed by atoms with Gasteiger partial charge in [-0.3, -0.25) is 4.79 Å². The van der Waals surface area contributed by atoms with Gasteiger partial charge in [0.05, 0.1) is 12.7 Å². The highest BCUT2D eigenvalue weighted by Gasteiger charge is 2.31. The van der Waals surface area contributed by atoms with Gasteiger partial charge in [0, 0.05) is 5.56 Å². The minimum atomic E-state index is -4.45. The standard InChI is InChI=1S/C16H13F3O2/c1-10(20)14-8-5-12(16(17,18)19)9-15(14)11-3-6-13(21-2)7-4-11/h3-9H,1-2H3. The third-order valence-electron chi connectivity index (χ3n) is 3.13. The summed E-state index contributed by atoms with van der Waals surface area (Å²) in [4.78, 5) is 11.6. The maximum atomic E-state index is 12.8. The smallest absolute Gasteiger partial charge is 0.416 e. The van der Waals surface area contributed by atoms with Crippen molar-refractivity contribution in [1.29, 1.82) is 0 Å². The van der Waals surface area contributed by atoms with Gasteiger partial charge in [0.1, 0.15) is 5.75 Å². The van der Waals surface area contributed by atoms with Crippen LogP contribution in [0, 0.1) is 0 Å². The molecular formula is C16H13F3O2. The van der Waals surface area contributed by atoms with Gasteiger partial charge in [-0.15, -0.1) is 0 Å². The highest BCUT2D eigenvalue weighted by atomic mass is 19.4. The van der Waals surface area contributed by atoms with Gasteiger partial charge in [0.25, 0.3) is 0 Å². The monoisotopic (exact) mass is 294 g/mol. The number of hydrogen-bond donors (Lipinski definition) is 0. The SMILES string of the molecule is COc1ccc(-c2cc(C(F)(F)F)ccc2C(C)=O)cc1. The molecule has 2 rings (SSSR count). The Morgan fingerprint density at radius 2 is 1.67 bits per heavy atom. The molecule has 5 heteroatoms. The van der Waals surface area contributed by atoms with Crippen LogP contribution in [0.15, 0.2) is 42.5 Å². The van der Waals surface area contributed by atoms with Crippen LogP contribution in [0.4, 0.5) is 13.2 Å². The van der Waals surface area contributed by atoms with Crippen LogP contribution in [0.3, 0.4) is 0 Å². The van der Waals surface area contributed by atoms with E-state index < -0.39 is 11.7 Å². The molecular weight excluding hydrogens is 281 g/mol. The van der Waals surface area contributed by atoms with Crippen LogP contribution in [-0.2, 0) is 6.18 Å². The van der Waals surface area contributed by atoms with E-state index in [0.717, 1.165) is 12.1 Å². The fourth-order valence-corrected chi connectivity index (χ4v) is 2.04. The van der Waals surface area contributed by atoms with Crippen LogP contribution < -0.4 is 4.74 Å². The predicted molar refractivity (Wildman–Crippen MR) is 73.4 cm³/mol. The van der Waals surface area contributed by atoms with Crippen molar-refractivity contribution in [2.45, 2.75) is 13.1 Å². The maximum Gasteiger partial charge on any atom is 0.416 e. The highest BCUT2D eigenvalue weighted by molar-refractivity contribution is 6.01. The third-order valence-corrected chi connectivity index (χ3v) is 3.13. The summed E-state index contributed by atoms with van der Waals surface area (Å²) >= 11 is 0. The van der Waals surface area contributed by atoms with Crippen LogP contribution in [0.25, 0.3) is 11.1 Å². The zero-order valence-electron chi connectivity index (χ0n) is 11.5. The lowest BCUT2D eigenvalue weighted by Gasteiger charge is -2.13. The largest absolute Gasteiger partial charge is 0.497 e. The van der Waals surface area contributed by atoms with Gasteiger partial charge in [-0.1, -0.05) is 18.2 Å². The van der Waals surface area contributed by atoms with Crippen LogP contribution >= 0.6 is 0 Å². The van der Waals surface area contributed by atoms with Gasteiger partial charge in [-0.25, -0.2) is 0 Å². The summed E-state index contributed by atoms with van der Waals surface area (Å²) in [6.45, 7) is 1.33. The molecule has 0 fully saturated rings. The zero-order chi connectivity index (χ0) is 15.6. The Kier molecular flexibility index (Phi) is 4.02. The number of benzene rings is 2. The lowest BCUT2D eigenvalue weighted by Crippen LogP contribution is -2.07. The Morgan fingerprint density at radius 1 is 1.05 bits per heavy atom. The van der Waals surface area contributed by atoms with Crippen LogP contribution in [0.1, 0.15) is 22.8 Å². The first-order valence-electron chi connectivity index (χ1n) is 6.19. The van der Waals surface area contributed by atoms with E-state index in [4.69, 9.17) is 4.74 Å². The fraction of sp³-hybridized carbons (Fsp3) is 0.188. The molecule has 0 radical (unpaired) electrons. The van der Waals surface area contributed by atoms with E-state index in [1.54, 1.807) is 24.3 Å². The van der Waals surface area contributed by atoms with Crippen molar-refractivity contribution in [3.05, 3.63) is 53.6 Å². The summed E-state index contributed by atoms with van der Waals surface area (Å²) in [7, 11) is 1.50. The quantitative estimate of drug-likeness (QED) is 0.774. The molecule has 2 nitrogen and oxygen atoms in total. The van der Waals surface area contributed by atoms with Crippen molar-refractivity contribution in [2.24, 2.45) is 0 Å². The van der Waals surface area contributed by atoms with Gasteiger partial charge in [-0.2, -0.15) is 13.2 Å². The second-order valence-electron chi connectivity index (χ2n) is 4.54. The highest BCUT2D eigenvalue weighted by Crippen LogP contribution is 2.34. The first kappa shape index (κ1) is 15.1. The molecule has 0 bridgehead atoms. The molecule has 0 amide bonds. The molecule has 2 aromatic carbocycles. The van der Waals surface area contributed by atoms with Crippen molar-refractivity contribution in [1.82, 2.24) is 0 Å². The summed E-state index contributed by atoms with van der Waals surface area (Å²) in [6, 6.07) is 9.66. The number of halogens is 3. The van der Waals surface area contributed by atoms with E-state index in [1.165, 1.54) is 20.1 Å². The van der Waals surface area contributed by atoms with Crippen LogP contribution in [0.2, 0.25) is 0 Å². The molecule has 110 valence electrons. The number of carbonyl (C=O) groups is 1. The summed E-state index contributed by atoms with van der Waals surface area (Å²) in [5, 5.41) is 0. The average Bonchev–Trinajstić information content (AvgIpc) is 2.45. The van der Waals surface area contributed by atoms with E-state index in [-0.39, 0.29) is 16.9 Å². The summed E-state index contributed by atoms with van der Waals surface area (Å²) in [5.41, 5.74) is 0.276. The van der Waals surface area contributed by atoms with E-state index in [1.807, 2.05) is 0 Å². The van der Waals surface area contributed by atoms with Gasteiger partial charge in [-0.05, 0) is 42.3 Å². The molecule has 21 heavy (non-hydrogen) atoms. The third kappa shape index (κ3) is 3.24. The number of rotatable bonds is 3. The number of Topliss-reactive ketones (excluding diaryl/α,β-unsaturated/α-hetero) is 1. The topological polar surface area (TPSA) is 26.3 Å². The Morgan fingerprint density at radius 3 is 2.14 bits per heavy atom. The lowest BCUT2D eigenvalue weighted by molar-refractivity contribution is -0.137. The van der Waals surface area contributed by atoms with E-state index >= 15 is 0 Å². The molecule has 0 spiro atoms. The number of hydrogen-bond acceptors (Lipinski definition) is 2. The van der Waals surface area contributed by atoms with Crippen molar-refractivity contribution in [3.8, 4) is 16.9 Å². The number of methoxy groups -OCH3 is 1. The minimum Gasteiger partial charge on any atom is -0.497 e. The first-order chi connectivity index (χ1) is 9.82. The number of carbonyl (C=O) groups excluding carboxylic acids is 1. The van der Waals surface area contributed by atoms with E-state index in [0.29, 0.717) is 11.3 Å². The van der Waals surface area contributed by atoms with Crippen molar-refractivity contribution >= 4 is 5.78 Å². The Balaban J connectivity index is 2.59. The minimum absolute atomic E-state index is 0.258. The van der Waals surface area contributed by atoms with Gasteiger partial charge in [0.15, 0.2) is 5.78 Å². The molecule has 0 saturated carbocycles. The van der Waals surface area contributed by atoms with Crippen molar-refractivity contribution < 1.29 is 22.7 Å². The van der Waals surface area contributed by atoms with Crippen molar-refractivity contribution in [2.75, 3.05) is 7.11 Å². The van der Waals surface area contributed by atoms with E-state index in [2.05, 4.69) is 0 Å². The molecule has 0 N–H and O–H groups in total. The molecule has 0 aliphatic carbocycles. The molecule has 0 aliphatic rings. The first-order valence-corrected chi connectivity index (χ1v) is 6.19. The van der Waals surface area contributed by atoms with Crippen LogP contribution in [0.5, 0.6) is 5.75 Å². The normalized spacial score (nSPS) is 11.3. The molecule has 2 aromatic rings. The lowest BCUT2D eigenvalue weighted by atomic mass is 9.95. The second-order valence-corrected chi connectivity index (χ2v) is 4.54. The molecule has 0 aliphatic heterocycles. The van der Waals surface area contributed by atoms with Gasteiger partial charge >= 0.3 is 6.18 Å². The summed E-state index contributed by atoms with van der Waals surface area (Å²) in [6.07, 6.45) is -4.45. The number of ether oxygens (including phenoxy) is 1. The molecule has 0 atom stereocenters. The summed E-state index contributed by atoms with van der Waals surface area (Å²) in [5.74, 6) is 0.310.